The summed E-state index contributed by atoms with van der Waals surface area (Å²) in [6.45, 7) is 16.2. The summed E-state index contributed by atoms with van der Waals surface area (Å²) < 4.78 is 39.6. The van der Waals surface area contributed by atoms with Crippen molar-refractivity contribution in [3.63, 3.8) is 0 Å². The normalized spacial score (nSPS) is 14.9. The number of thiazole rings is 1. The van der Waals surface area contributed by atoms with Gasteiger partial charge < -0.3 is 64.0 Å². The lowest BCUT2D eigenvalue weighted by Gasteiger charge is -2.36. The number of carbonyl (C=O) groups is 3. The van der Waals surface area contributed by atoms with E-state index in [1.165, 1.54) is 23.2 Å². The largest absolute Gasteiger partial charge is 0.394 e. The minimum Gasteiger partial charge on any atom is -0.394 e. The van der Waals surface area contributed by atoms with Crippen LogP contribution in [0, 0.1) is 5.92 Å². The van der Waals surface area contributed by atoms with Gasteiger partial charge in [0.05, 0.1) is 116 Å². The minimum atomic E-state index is -0.792. The van der Waals surface area contributed by atoms with Crippen LogP contribution >= 0.6 is 11.3 Å². The zero-order chi connectivity index (χ0) is 46.6. The zero-order valence-electron chi connectivity index (χ0n) is 38.9. The van der Waals surface area contributed by atoms with Crippen molar-refractivity contribution < 1.29 is 52.6 Å². The molecule has 3 aromatic rings. The SMILES string of the molecule is CC(C)C(NC(=O)CCOCCOCCOCCO)C(=O)NCC(=O)NCCOCCOCCOCCOCCN1CCN(c2ccc3nc(-c4ccc(N5CCCC5)nc4)sc3c2)CC1. The molecule has 4 heterocycles. The highest BCUT2D eigenvalue weighted by molar-refractivity contribution is 7.21. The number of fused-ring (bicyclic) bond motifs is 1. The molecule has 1 atom stereocenters. The molecule has 2 aliphatic rings. The number of nitrogens with zero attached hydrogens (tertiary/aromatic N) is 5. The van der Waals surface area contributed by atoms with Crippen LogP contribution in [0.25, 0.3) is 20.8 Å². The molecule has 1 unspecified atom stereocenters. The van der Waals surface area contributed by atoms with Gasteiger partial charge in [0.25, 0.3) is 0 Å². The summed E-state index contributed by atoms with van der Waals surface area (Å²) in [7, 11) is 0. The quantitative estimate of drug-likeness (QED) is 0.0632. The van der Waals surface area contributed by atoms with Gasteiger partial charge in [-0.05, 0) is 49.1 Å². The van der Waals surface area contributed by atoms with Gasteiger partial charge in [0.2, 0.25) is 17.7 Å². The molecule has 20 heteroatoms. The first-order chi connectivity index (χ1) is 32.3. The van der Waals surface area contributed by atoms with Gasteiger partial charge in [-0.15, -0.1) is 11.3 Å². The van der Waals surface area contributed by atoms with Crippen LogP contribution in [0.5, 0.6) is 0 Å². The number of aliphatic hydroxyl groups is 1. The van der Waals surface area contributed by atoms with Gasteiger partial charge in [-0.25, -0.2) is 9.97 Å². The second-order valence-electron chi connectivity index (χ2n) is 16.2. The van der Waals surface area contributed by atoms with Crippen molar-refractivity contribution in [1.29, 1.82) is 0 Å². The van der Waals surface area contributed by atoms with Gasteiger partial charge >= 0.3 is 0 Å². The number of piperazine rings is 1. The molecule has 0 saturated carbocycles. The number of aliphatic hydroxyl groups excluding tert-OH is 1. The Morgan fingerprint density at radius 2 is 1.32 bits per heavy atom. The van der Waals surface area contributed by atoms with Crippen LogP contribution in [0.4, 0.5) is 11.5 Å². The third kappa shape index (κ3) is 19.6. The number of rotatable bonds is 34. The van der Waals surface area contributed by atoms with Crippen LogP contribution < -0.4 is 25.8 Å². The van der Waals surface area contributed by atoms with Crippen molar-refractivity contribution >= 4 is 50.8 Å². The lowest BCUT2D eigenvalue weighted by atomic mass is 10.0. The molecule has 5 rings (SSSR count). The molecular formula is C46H72N8O11S. The zero-order valence-corrected chi connectivity index (χ0v) is 39.7. The smallest absolute Gasteiger partial charge is 0.243 e. The lowest BCUT2D eigenvalue weighted by molar-refractivity contribution is -0.131. The maximum absolute atomic E-state index is 12.7. The first-order valence-corrected chi connectivity index (χ1v) is 24.2. The van der Waals surface area contributed by atoms with Crippen LogP contribution in [-0.2, 0) is 47.5 Å². The fourth-order valence-corrected chi connectivity index (χ4v) is 8.21. The number of aromatic nitrogens is 2. The number of amides is 3. The molecule has 2 aromatic heterocycles. The number of benzene rings is 1. The lowest BCUT2D eigenvalue weighted by Crippen LogP contribution is -2.51. The Kier molecular flexibility index (Phi) is 24.9. The number of ether oxygens (including phenoxy) is 7. The summed E-state index contributed by atoms with van der Waals surface area (Å²) in [5.74, 6) is -0.269. The van der Waals surface area contributed by atoms with Crippen molar-refractivity contribution in [1.82, 2.24) is 30.8 Å². The van der Waals surface area contributed by atoms with Crippen LogP contribution in [0.3, 0.4) is 0 Å². The molecule has 368 valence electrons. The van der Waals surface area contributed by atoms with E-state index in [0.717, 1.165) is 67.7 Å². The molecule has 0 bridgehead atoms. The Bertz CT molecular complexity index is 1830. The highest BCUT2D eigenvalue weighted by Crippen LogP contribution is 2.33. The van der Waals surface area contributed by atoms with Gasteiger partial charge in [-0.3, -0.25) is 19.3 Å². The predicted octanol–water partition coefficient (Wildman–Crippen LogP) is 1.95. The molecule has 2 fully saturated rings. The molecule has 19 nitrogen and oxygen atoms in total. The number of carbonyl (C=O) groups excluding carboxylic acids is 3. The Balaban J connectivity index is 0.789. The summed E-state index contributed by atoms with van der Waals surface area (Å²) in [6.07, 6.45) is 4.52. The molecule has 2 saturated heterocycles. The van der Waals surface area contributed by atoms with Crippen LogP contribution in [0.1, 0.15) is 33.1 Å². The average molecular weight is 945 g/mol. The van der Waals surface area contributed by atoms with Crippen LogP contribution in [0.2, 0.25) is 0 Å². The van der Waals surface area contributed by atoms with E-state index in [9.17, 15) is 14.4 Å². The van der Waals surface area contributed by atoms with Gasteiger partial charge in [0.15, 0.2) is 0 Å². The van der Waals surface area contributed by atoms with E-state index in [4.69, 9.17) is 48.2 Å². The molecule has 66 heavy (non-hydrogen) atoms. The van der Waals surface area contributed by atoms with Crippen LogP contribution in [0.15, 0.2) is 36.5 Å². The van der Waals surface area contributed by atoms with Crippen LogP contribution in [-0.4, -0.2) is 202 Å². The van der Waals surface area contributed by atoms with Crippen molar-refractivity contribution in [3.05, 3.63) is 36.5 Å². The number of hydrogen-bond acceptors (Lipinski definition) is 17. The second-order valence-corrected chi connectivity index (χ2v) is 17.2. The predicted molar refractivity (Wildman–Crippen MR) is 253 cm³/mol. The second kappa shape index (κ2) is 31.0. The van der Waals surface area contributed by atoms with E-state index in [2.05, 4.69) is 61.0 Å². The van der Waals surface area contributed by atoms with E-state index >= 15 is 0 Å². The highest BCUT2D eigenvalue weighted by Gasteiger charge is 2.24. The summed E-state index contributed by atoms with van der Waals surface area (Å²) in [5.41, 5.74) is 3.34. The molecule has 1 aromatic carbocycles. The van der Waals surface area contributed by atoms with Crippen molar-refractivity contribution in [3.8, 4) is 10.6 Å². The molecular weight excluding hydrogens is 873 g/mol. The molecule has 0 radical (unpaired) electrons. The minimum absolute atomic E-state index is 0.0311. The number of nitrogens with one attached hydrogen (secondary N) is 3. The topological polar surface area (TPSA) is 208 Å². The van der Waals surface area contributed by atoms with Gasteiger partial charge in [-0.2, -0.15) is 0 Å². The van der Waals surface area contributed by atoms with Crippen molar-refractivity contribution in [2.45, 2.75) is 39.2 Å². The first kappa shape index (κ1) is 52.9. The van der Waals surface area contributed by atoms with Crippen molar-refractivity contribution in [2.75, 3.05) is 168 Å². The van der Waals surface area contributed by atoms with Gasteiger partial charge in [-0.1, -0.05) is 13.8 Å². The summed E-state index contributed by atoms with van der Waals surface area (Å²) >= 11 is 1.73. The van der Waals surface area contributed by atoms with Gasteiger partial charge in [0.1, 0.15) is 16.9 Å². The van der Waals surface area contributed by atoms with Gasteiger partial charge in [0, 0.05) is 76.2 Å². The number of pyridine rings is 1. The van der Waals surface area contributed by atoms with E-state index in [-0.39, 0.29) is 57.1 Å². The molecule has 0 aliphatic carbocycles. The fourth-order valence-electron chi connectivity index (χ4n) is 7.22. The first-order valence-electron chi connectivity index (χ1n) is 23.4. The number of hydrogen-bond donors (Lipinski definition) is 4. The monoisotopic (exact) mass is 945 g/mol. The molecule has 3 amide bonds. The Morgan fingerprint density at radius 3 is 1.94 bits per heavy atom. The van der Waals surface area contributed by atoms with Crippen molar-refractivity contribution in [2.24, 2.45) is 5.92 Å². The Labute approximate surface area is 393 Å². The fraction of sp³-hybridized carbons (Fsp3) is 0.674. The molecule has 2 aliphatic heterocycles. The summed E-state index contributed by atoms with van der Waals surface area (Å²) in [4.78, 5) is 54.2. The van der Waals surface area contributed by atoms with E-state index in [0.29, 0.717) is 79.3 Å². The maximum atomic E-state index is 12.7. The summed E-state index contributed by atoms with van der Waals surface area (Å²) in [6, 6.07) is 10.1. The molecule has 0 spiro atoms. The van der Waals surface area contributed by atoms with E-state index in [1.54, 1.807) is 11.3 Å². The standard InChI is InChI=1S/C46H72N8O11S/c1-36(2)44(51-42(56)9-19-59-23-27-63-30-26-62-22-18-55)45(58)49-35-43(57)47-10-20-60-24-28-64-31-32-65-29-25-61-21-17-52-13-15-53(16-14-52)38-6-7-39-40(33-38)66-46(50-39)37-5-8-41(48-34-37)54-11-3-4-12-54/h5-8,33-34,36,44,55H,3-4,9-32,35H2,1-2H3,(H,47,57)(H,49,58)(H,51,56). The maximum Gasteiger partial charge on any atom is 0.243 e. The van der Waals surface area contributed by atoms with E-state index in [1.807, 2.05) is 20.0 Å². The summed E-state index contributed by atoms with van der Waals surface area (Å²) in [5, 5.41) is 17.7. The third-order valence-electron chi connectivity index (χ3n) is 10.9. The third-order valence-corrected chi connectivity index (χ3v) is 12.0. The molecule has 4 N–H and O–H groups in total. The van der Waals surface area contributed by atoms with E-state index < -0.39 is 11.9 Å². The Morgan fingerprint density at radius 1 is 0.697 bits per heavy atom. The Hall–Kier alpha value is -4.09. The highest BCUT2D eigenvalue weighted by atomic mass is 32.1. The number of anilines is 2. The average Bonchev–Trinajstić information content (AvgIpc) is 4.03.